The Hall–Kier alpha value is -1.18. The van der Waals surface area contributed by atoms with Gasteiger partial charge in [0.2, 0.25) is 0 Å². The Morgan fingerprint density at radius 3 is 2.43 bits per heavy atom. The van der Waals surface area contributed by atoms with Crippen LogP contribution < -0.4 is 0 Å². The normalized spacial score (nSPS) is 31.0. The van der Waals surface area contributed by atoms with Crippen LogP contribution in [0.3, 0.4) is 0 Å². The first-order valence-corrected chi connectivity index (χ1v) is 7.09. The number of rotatable bonds is 5. The summed E-state index contributed by atoms with van der Waals surface area (Å²) in [5.74, 6) is 0.200. The number of benzene rings is 1. The van der Waals surface area contributed by atoms with Crippen LogP contribution in [0.5, 0.6) is 5.75 Å². The molecule has 1 aromatic carbocycles. The lowest BCUT2D eigenvalue weighted by Crippen LogP contribution is -2.53. The predicted molar refractivity (Wildman–Crippen MR) is 74.8 cm³/mol. The van der Waals surface area contributed by atoms with E-state index in [0.717, 1.165) is 5.56 Å². The first-order valence-electron chi connectivity index (χ1n) is 7.09. The lowest BCUT2D eigenvalue weighted by Gasteiger charge is -2.36. The lowest BCUT2D eigenvalue weighted by atomic mass is 9.94. The van der Waals surface area contributed by atoms with E-state index in [0.29, 0.717) is 12.8 Å². The first kappa shape index (κ1) is 16.2. The van der Waals surface area contributed by atoms with Gasteiger partial charge >= 0.3 is 0 Å². The van der Waals surface area contributed by atoms with E-state index in [1.165, 1.54) is 0 Å². The molecule has 5 N–H and O–H groups in total. The van der Waals surface area contributed by atoms with E-state index in [2.05, 4.69) is 0 Å². The minimum atomic E-state index is -1.24. The molecule has 1 aromatic rings. The van der Waals surface area contributed by atoms with Gasteiger partial charge in [-0.1, -0.05) is 12.1 Å². The fourth-order valence-corrected chi connectivity index (χ4v) is 2.46. The molecule has 1 aliphatic rings. The van der Waals surface area contributed by atoms with Crippen LogP contribution in [0.25, 0.3) is 0 Å². The van der Waals surface area contributed by atoms with Crippen LogP contribution in [0.1, 0.15) is 18.4 Å². The monoisotopic (exact) mass is 298 g/mol. The van der Waals surface area contributed by atoms with Crippen molar-refractivity contribution in [3.05, 3.63) is 29.8 Å². The zero-order valence-electron chi connectivity index (χ0n) is 11.7. The molecule has 2 rings (SSSR count). The summed E-state index contributed by atoms with van der Waals surface area (Å²) in [5.41, 5.74) is 0.993. The number of hydrogen-bond acceptors (Lipinski definition) is 6. The number of aliphatic hydroxyl groups excluding tert-OH is 4. The van der Waals surface area contributed by atoms with Gasteiger partial charge in [-0.3, -0.25) is 0 Å². The number of aliphatic hydroxyl groups is 4. The second kappa shape index (κ2) is 7.20. The van der Waals surface area contributed by atoms with Gasteiger partial charge in [0.25, 0.3) is 0 Å². The molecule has 1 fully saturated rings. The minimum Gasteiger partial charge on any atom is -0.508 e. The molecule has 0 amide bonds. The summed E-state index contributed by atoms with van der Waals surface area (Å²) >= 11 is 0. The molecule has 0 aromatic heterocycles. The highest BCUT2D eigenvalue weighted by Crippen LogP contribution is 2.21. The minimum absolute atomic E-state index is 0.0480. The zero-order chi connectivity index (χ0) is 15.4. The van der Waals surface area contributed by atoms with Gasteiger partial charge in [-0.05, 0) is 30.5 Å². The third kappa shape index (κ3) is 4.39. The molecule has 1 heterocycles. The van der Waals surface area contributed by atoms with Crippen LogP contribution in [-0.2, 0) is 11.2 Å². The number of hydrogen-bond donors (Lipinski definition) is 5. The van der Waals surface area contributed by atoms with Crippen molar-refractivity contribution in [1.29, 1.82) is 0 Å². The highest BCUT2D eigenvalue weighted by atomic mass is 16.5. The maximum Gasteiger partial charge on any atom is 0.115 e. The van der Waals surface area contributed by atoms with Crippen molar-refractivity contribution in [2.45, 2.75) is 49.8 Å². The molecule has 0 bridgehead atoms. The van der Waals surface area contributed by atoms with Crippen LogP contribution in [0.4, 0.5) is 0 Å². The van der Waals surface area contributed by atoms with E-state index in [1.807, 2.05) is 0 Å². The van der Waals surface area contributed by atoms with Crippen molar-refractivity contribution in [3.63, 3.8) is 0 Å². The van der Waals surface area contributed by atoms with Crippen LogP contribution >= 0.6 is 0 Å². The molecule has 21 heavy (non-hydrogen) atoms. The Morgan fingerprint density at radius 2 is 1.76 bits per heavy atom. The van der Waals surface area contributed by atoms with Crippen molar-refractivity contribution < 1.29 is 30.3 Å². The molecule has 5 atom stereocenters. The number of aromatic hydroxyl groups is 1. The van der Waals surface area contributed by atoms with E-state index in [9.17, 15) is 25.5 Å². The largest absolute Gasteiger partial charge is 0.508 e. The first-order chi connectivity index (χ1) is 9.97. The topological polar surface area (TPSA) is 110 Å². The summed E-state index contributed by atoms with van der Waals surface area (Å²) in [5, 5.41) is 47.9. The second-order valence-electron chi connectivity index (χ2n) is 5.51. The molecule has 0 aliphatic carbocycles. The van der Waals surface area contributed by atoms with E-state index in [-0.39, 0.29) is 18.8 Å². The van der Waals surface area contributed by atoms with E-state index < -0.39 is 30.5 Å². The summed E-state index contributed by atoms with van der Waals surface area (Å²) in [7, 11) is 0. The van der Waals surface area contributed by atoms with Gasteiger partial charge in [0.1, 0.15) is 24.1 Å². The number of aryl methyl sites for hydroxylation is 1. The molecule has 1 aliphatic heterocycles. The van der Waals surface area contributed by atoms with Gasteiger partial charge in [-0.2, -0.15) is 0 Å². The molecular formula is C15H22O6. The van der Waals surface area contributed by atoms with E-state index >= 15 is 0 Å². The Morgan fingerprint density at radius 1 is 1.10 bits per heavy atom. The van der Waals surface area contributed by atoms with Crippen LogP contribution in [0.15, 0.2) is 24.3 Å². The van der Waals surface area contributed by atoms with Crippen molar-refractivity contribution >= 4 is 0 Å². The number of phenolic OH excluding ortho intramolecular Hbond substituents is 1. The van der Waals surface area contributed by atoms with Gasteiger partial charge in [0, 0.05) is 6.42 Å². The van der Waals surface area contributed by atoms with Crippen LogP contribution in [0.2, 0.25) is 0 Å². The Bertz CT molecular complexity index is 434. The van der Waals surface area contributed by atoms with E-state index in [4.69, 9.17) is 4.74 Å². The van der Waals surface area contributed by atoms with Crippen LogP contribution in [-0.4, -0.2) is 62.7 Å². The van der Waals surface area contributed by atoms with Gasteiger partial charge in [-0.15, -0.1) is 0 Å². The summed E-state index contributed by atoms with van der Waals surface area (Å²) in [6, 6.07) is 6.75. The standard InChI is InChI=1S/C15H22O6/c16-10-4-1-9(2-5-10)3-6-11(17)7-13-15(20)14(19)12(18)8-21-13/h1-2,4-5,11-20H,3,6-8H2. The third-order valence-electron chi connectivity index (χ3n) is 3.81. The molecule has 0 radical (unpaired) electrons. The SMILES string of the molecule is Oc1ccc(CCC(O)CC2OCC(O)C(O)C2O)cc1. The lowest BCUT2D eigenvalue weighted by molar-refractivity contribution is -0.193. The highest BCUT2D eigenvalue weighted by Gasteiger charge is 2.38. The number of phenols is 1. The maximum atomic E-state index is 10.0. The van der Waals surface area contributed by atoms with Gasteiger partial charge in [-0.25, -0.2) is 0 Å². The van der Waals surface area contributed by atoms with Crippen LogP contribution in [0, 0.1) is 0 Å². The van der Waals surface area contributed by atoms with Gasteiger partial charge in [0.15, 0.2) is 0 Å². The molecule has 5 unspecified atom stereocenters. The Kier molecular flexibility index (Phi) is 5.55. The summed E-state index contributed by atoms with van der Waals surface area (Å²) in [6.07, 6.45) is -3.58. The fraction of sp³-hybridized carbons (Fsp3) is 0.600. The molecule has 1 saturated heterocycles. The fourth-order valence-electron chi connectivity index (χ4n) is 2.46. The Balaban J connectivity index is 1.79. The van der Waals surface area contributed by atoms with Crippen molar-refractivity contribution in [3.8, 4) is 5.75 Å². The smallest absolute Gasteiger partial charge is 0.115 e. The van der Waals surface area contributed by atoms with E-state index in [1.54, 1.807) is 24.3 Å². The third-order valence-corrected chi connectivity index (χ3v) is 3.81. The molecular weight excluding hydrogens is 276 g/mol. The predicted octanol–water partition coefficient (Wildman–Crippen LogP) is -0.443. The molecule has 0 saturated carbocycles. The summed E-state index contributed by atoms with van der Waals surface area (Å²) in [4.78, 5) is 0. The summed E-state index contributed by atoms with van der Waals surface area (Å²) in [6.45, 7) is -0.0480. The highest BCUT2D eigenvalue weighted by molar-refractivity contribution is 5.25. The van der Waals surface area contributed by atoms with Gasteiger partial charge in [0.05, 0.1) is 18.8 Å². The Labute approximate surface area is 123 Å². The summed E-state index contributed by atoms with van der Waals surface area (Å²) < 4.78 is 5.26. The van der Waals surface area contributed by atoms with Gasteiger partial charge < -0.3 is 30.3 Å². The quantitative estimate of drug-likeness (QED) is 0.504. The second-order valence-corrected chi connectivity index (χ2v) is 5.51. The molecule has 6 nitrogen and oxygen atoms in total. The molecule has 6 heteroatoms. The maximum absolute atomic E-state index is 10.0. The number of ether oxygens (including phenoxy) is 1. The van der Waals surface area contributed by atoms with Crippen molar-refractivity contribution in [1.82, 2.24) is 0 Å². The average molecular weight is 298 g/mol. The van der Waals surface area contributed by atoms with Crippen molar-refractivity contribution in [2.75, 3.05) is 6.61 Å². The van der Waals surface area contributed by atoms with Crippen molar-refractivity contribution in [2.24, 2.45) is 0 Å². The zero-order valence-corrected chi connectivity index (χ0v) is 11.7. The average Bonchev–Trinajstić information content (AvgIpc) is 2.47. The molecule has 0 spiro atoms. The molecule has 118 valence electrons.